The molecule has 17 heavy (non-hydrogen) atoms. The van der Waals surface area contributed by atoms with Gasteiger partial charge < -0.3 is 10.8 Å². The van der Waals surface area contributed by atoms with Crippen LogP contribution in [0.3, 0.4) is 0 Å². The van der Waals surface area contributed by atoms with Gasteiger partial charge >= 0.3 is 6.18 Å². The second kappa shape index (κ2) is 3.99. The van der Waals surface area contributed by atoms with Crippen molar-refractivity contribution < 1.29 is 18.3 Å². The van der Waals surface area contributed by atoms with Crippen LogP contribution in [-0.4, -0.2) is 10.6 Å². The molecule has 1 fully saturated rings. The van der Waals surface area contributed by atoms with Crippen molar-refractivity contribution in [1.29, 1.82) is 0 Å². The van der Waals surface area contributed by atoms with E-state index in [2.05, 4.69) is 0 Å². The van der Waals surface area contributed by atoms with E-state index in [1.807, 2.05) is 0 Å². The van der Waals surface area contributed by atoms with E-state index in [9.17, 15) is 18.3 Å². The third kappa shape index (κ3) is 2.17. The van der Waals surface area contributed by atoms with Gasteiger partial charge in [0.15, 0.2) is 0 Å². The van der Waals surface area contributed by atoms with Crippen LogP contribution in [0.25, 0.3) is 0 Å². The number of aliphatic hydroxyl groups excluding tert-OH is 1. The molecule has 1 aromatic rings. The van der Waals surface area contributed by atoms with E-state index in [0.717, 1.165) is 12.5 Å². The zero-order chi connectivity index (χ0) is 12.7. The number of rotatable bonds is 2. The van der Waals surface area contributed by atoms with Crippen molar-refractivity contribution in [3.05, 3.63) is 35.4 Å². The van der Waals surface area contributed by atoms with Crippen LogP contribution in [-0.2, 0) is 6.18 Å². The maximum absolute atomic E-state index is 12.8. The molecule has 3 N–H and O–H groups in total. The first-order chi connectivity index (χ1) is 7.84. The quantitative estimate of drug-likeness (QED) is 0.841. The molecule has 94 valence electrons. The molecule has 1 aliphatic carbocycles. The summed E-state index contributed by atoms with van der Waals surface area (Å²) in [6.45, 7) is 0. The third-order valence-corrected chi connectivity index (χ3v) is 3.39. The first-order valence-electron chi connectivity index (χ1n) is 5.48. The monoisotopic (exact) mass is 245 g/mol. The van der Waals surface area contributed by atoms with Crippen LogP contribution in [0, 0.1) is 0 Å². The summed E-state index contributed by atoms with van der Waals surface area (Å²) in [6, 6.07) is 5.06. The Bertz CT molecular complexity index is 412. The van der Waals surface area contributed by atoms with Gasteiger partial charge in [0.2, 0.25) is 0 Å². The molecule has 1 saturated carbocycles. The molecule has 0 radical (unpaired) electrons. The molecule has 0 aromatic heterocycles. The van der Waals surface area contributed by atoms with Gasteiger partial charge in [-0.1, -0.05) is 18.2 Å². The van der Waals surface area contributed by atoms with E-state index in [1.54, 1.807) is 0 Å². The zero-order valence-electron chi connectivity index (χ0n) is 9.17. The maximum atomic E-state index is 12.8. The molecule has 5 heteroatoms. The fraction of sp³-hybridized carbons (Fsp3) is 0.500. The van der Waals surface area contributed by atoms with Crippen molar-refractivity contribution in [2.75, 3.05) is 0 Å². The molecule has 0 bridgehead atoms. The van der Waals surface area contributed by atoms with Crippen LogP contribution in [0.2, 0.25) is 0 Å². The molecule has 2 rings (SSSR count). The molecule has 1 atom stereocenters. The van der Waals surface area contributed by atoms with Crippen LogP contribution in [0.1, 0.15) is 36.5 Å². The number of aliphatic hydroxyl groups is 1. The van der Waals surface area contributed by atoms with E-state index >= 15 is 0 Å². The molecule has 1 aliphatic rings. The fourth-order valence-electron chi connectivity index (χ4n) is 2.16. The van der Waals surface area contributed by atoms with Gasteiger partial charge in [0.25, 0.3) is 0 Å². The first-order valence-corrected chi connectivity index (χ1v) is 5.48. The topological polar surface area (TPSA) is 46.2 Å². The van der Waals surface area contributed by atoms with Crippen molar-refractivity contribution in [3.63, 3.8) is 0 Å². The number of hydrogen-bond donors (Lipinski definition) is 2. The van der Waals surface area contributed by atoms with Gasteiger partial charge in [0.05, 0.1) is 11.7 Å². The maximum Gasteiger partial charge on any atom is 0.416 e. The lowest BCUT2D eigenvalue weighted by molar-refractivity contribution is -0.140. The third-order valence-electron chi connectivity index (χ3n) is 3.39. The average Bonchev–Trinajstić information content (AvgIpc) is 2.24. The van der Waals surface area contributed by atoms with Crippen molar-refractivity contribution >= 4 is 0 Å². The lowest BCUT2D eigenvalue weighted by atomic mass is 9.71. The molecule has 1 unspecified atom stereocenters. The molecule has 0 amide bonds. The Morgan fingerprint density at radius 3 is 2.29 bits per heavy atom. The van der Waals surface area contributed by atoms with E-state index in [1.165, 1.54) is 18.2 Å². The van der Waals surface area contributed by atoms with Gasteiger partial charge in [0.1, 0.15) is 0 Å². The molecule has 0 spiro atoms. The normalized spacial score (nSPS) is 20.8. The van der Waals surface area contributed by atoms with Crippen LogP contribution < -0.4 is 5.73 Å². The summed E-state index contributed by atoms with van der Waals surface area (Å²) < 4.78 is 38.3. The minimum absolute atomic E-state index is 0.123. The molecule has 0 saturated heterocycles. The molecular formula is C12H14F3NO. The minimum atomic E-state index is -4.46. The summed E-state index contributed by atoms with van der Waals surface area (Å²) in [5, 5.41) is 10.0. The SMILES string of the molecule is NC1(C(O)c2ccccc2C(F)(F)F)CCC1. The van der Waals surface area contributed by atoms with Gasteiger partial charge in [-0.15, -0.1) is 0 Å². The van der Waals surface area contributed by atoms with Crippen LogP contribution in [0.4, 0.5) is 13.2 Å². The Morgan fingerprint density at radius 2 is 1.82 bits per heavy atom. The van der Waals surface area contributed by atoms with Gasteiger partial charge in [-0.2, -0.15) is 13.2 Å². The van der Waals surface area contributed by atoms with Gasteiger partial charge in [-0.3, -0.25) is 0 Å². The summed E-state index contributed by atoms with van der Waals surface area (Å²) in [7, 11) is 0. The zero-order valence-corrected chi connectivity index (χ0v) is 9.17. The molecule has 0 aliphatic heterocycles. The smallest absolute Gasteiger partial charge is 0.386 e. The highest BCUT2D eigenvalue weighted by Crippen LogP contribution is 2.43. The fourth-order valence-corrected chi connectivity index (χ4v) is 2.16. The Morgan fingerprint density at radius 1 is 1.24 bits per heavy atom. The van der Waals surface area contributed by atoms with Crippen molar-refractivity contribution in [2.24, 2.45) is 5.73 Å². The number of hydrogen-bond acceptors (Lipinski definition) is 2. The summed E-state index contributed by atoms with van der Waals surface area (Å²) in [4.78, 5) is 0. The predicted octanol–water partition coefficient (Wildman–Crippen LogP) is 2.62. The van der Waals surface area contributed by atoms with Gasteiger partial charge in [-0.25, -0.2) is 0 Å². The van der Waals surface area contributed by atoms with Gasteiger partial charge in [0, 0.05) is 5.54 Å². The molecule has 1 aromatic carbocycles. The highest BCUT2D eigenvalue weighted by molar-refractivity contribution is 5.34. The van der Waals surface area contributed by atoms with E-state index in [4.69, 9.17) is 5.73 Å². The van der Waals surface area contributed by atoms with Crippen molar-refractivity contribution in [3.8, 4) is 0 Å². The number of benzene rings is 1. The summed E-state index contributed by atoms with van der Waals surface area (Å²) >= 11 is 0. The number of alkyl halides is 3. The summed E-state index contributed by atoms with van der Waals surface area (Å²) in [5.74, 6) is 0. The Labute approximate surface area is 97.2 Å². The number of nitrogens with two attached hydrogens (primary N) is 1. The standard InChI is InChI=1S/C12H14F3NO/c13-12(14,15)9-5-2-1-4-8(9)10(17)11(16)6-3-7-11/h1-2,4-5,10,17H,3,6-7,16H2. The largest absolute Gasteiger partial charge is 0.416 e. The van der Waals surface area contributed by atoms with Crippen molar-refractivity contribution in [2.45, 2.75) is 37.1 Å². The second-order valence-corrected chi connectivity index (χ2v) is 4.57. The predicted molar refractivity (Wildman–Crippen MR) is 57.2 cm³/mol. The lowest BCUT2D eigenvalue weighted by Gasteiger charge is -2.42. The first kappa shape index (κ1) is 12.4. The highest BCUT2D eigenvalue weighted by Gasteiger charge is 2.44. The Hall–Kier alpha value is -1.07. The Kier molecular flexibility index (Phi) is 2.91. The Balaban J connectivity index is 2.38. The summed E-state index contributed by atoms with van der Waals surface area (Å²) in [6.07, 6.45) is -3.76. The minimum Gasteiger partial charge on any atom is -0.386 e. The molecular weight excluding hydrogens is 231 g/mol. The molecule has 0 heterocycles. The summed E-state index contributed by atoms with van der Waals surface area (Å²) in [5.41, 5.74) is 4.05. The van der Waals surface area contributed by atoms with Crippen LogP contribution in [0.15, 0.2) is 24.3 Å². The van der Waals surface area contributed by atoms with Gasteiger partial charge in [-0.05, 0) is 30.9 Å². The van der Waals surface area contributed by atoms with Crippen LogP contribution in [0.5, 0.6) is 0 Å². The van der Waals surface area contributed by atoms with E-state index in [0.29, 0.717) is 12.8 Å². The lowest BCUT2D eigenvalue weighted by Crippen LogP contribution is -2.52. The average molecular weight is 245 g/mol. The van der Waals surface area contributed by atoms with E-state index < -0.39 is 23.4 Å². The van der Waals surface area contributed by atoms with Crippen molar-refractivity contribution in [1.82, 2.24) is 0 Å². The van der Waals surface area contributed by atoms with Crippen LogP contribution >= 0.6 is 0 Å². The second-order valence-electron chi connectivity index (χ2n) is 4.57. The number of halogens is 3. The van der Waals surface area contributed by atoms with E-state index in [-0.39, 0.29) is 5.56 Å². The highest BCUT2D eigenvalue weighted by atomic mass is 19.4. The molecule has 2 nitrogen and oxygen atoms in total.